The molecular formula is C19H26O6. The van der Waals surface area contributed by atoms with Crippen molar-refractivity contribution < 1.29 is 28.5 Å². The summed E-state index contributed by atoms with van der Waals surface area (Å²) in [6.07, 6.45) is 1.39. The Hall–Kier alpha value is -2.50. The summed E-state index contributed by atoms with van der Waals surface area (Å²) in [5.41, 5.74) is 0.227. The van der Waals surface area contributed by atoms with E-state index < -0.39 is 17.5 Å². The fraction of sp³-hybridized carbons (Fsp3) is 0.474. The van der Waals surface area contributed by atoms with Crippen LogP contribution in [0, 0.1) is 0 Å². The first-order chi connectivity index (χ1) is 11.7. The number of hydrogen-bond acceptors (Lipinski definition) is 6. The molecule has 0 radical (unpaired) electrons. The number of ether oxygens (including phenoxy) is 4. The molecule has 6 nitrogen and oxygen atoms in total. The minimum Gasteiger partial charge on any atom is -0.497 e. The Morgan fingerprint density at radius 3 is 2.04 bits per heavy atom. The smallest absolute Gasteiger partial charge is 0.334 e. The van der Waals surface area contributed by atoms with Gasteiger partial charge in [-0.15, -0.1) is 0 Å². The second-order valence-corrected chi connectivity index (χ2v) is 6.30. The molecule has 0 aliphatic heterocycles. The van der Waals surface area contributed by atoms with Crippen molar-refractivity contribution in [3.05, 3.63) is 29.3 Å². The van der Waals surface area contributed by atoms with Gasteiger partial charge < -0.3 is 18.9 Å². The highest BCUT2D eigenvalue weighted by atomic mass is 16.6. The van der Waals surface area contributed by atoms with Crippen LogP contribution in [-0.2, 0) is 19.1 Å². The second-order valence-electron chi connectivity index (χ2n) is 6.30. The first-order valence-corrected chi connectivity index (χ1v) is 8.01. The van der Waals surface area contributed by atoms with Crippen LogP contribution in [-0.4, -0.2) is 38.4 Å². The summed E-state index contributed by atoms with van der Waals surface area (Å²) in [7, 11) is 3.07. The average molecular weight is 350 g/mol. The van der Waals surface area contributed by atoms with Crippen molar-refractivity contribution in [3.8, 4) is 11.5 Å². The fourth-order valence-corrected chi connectivity index (χ4v) is 2.05. The zero-order valence-corrected chi connectivity index (χ0v) is 15.7. The van der Waals surface area contributed by atoms with Gasteiger partial charge in [0.15, 0.2) is 0 Å². The summed E-state index contributed by atoms with van der Waals surface area (Å²) in [5.74, 6) is 0.0916. The summed E-state index contributed by atoms with van der Waals surface area (Å²) >= 11 is 0. The van der Waals surface area contributed by atoms with Crippen molar-refractivity contribution >= 4 is 18.0 Å². The molecule has 0 atom stereocenters. The van der Waals surface area contributed by atoms with Crippen molar-refractivity contribution in [2.75, 3.05) is 20.8 Å². The predicted octanol–water partition coefficient (Wildman–Crippen LogP) is 3.38. The molecule has 0 aromatic heterocycles. The van der Waals surface area contributed by atoms with Crippen LogP contribution < -0.4 is 9.47 Å². The van der Waals surface area contributed by atoms with E-state index in [1.54, 1.807) is 52.0 Å². The lowest BCUT2D eigenvalue weighted by molar-refractivity contribution is -0.155. The number of hydrogen-bond donors (Lipinski definition) is 0. The van der Waals surface area contributed by atoms with E-state index in [1.165, 1.54) is 14.2 Å². The standard InChI is InChI=1S/C19H26O6/c1-7-24-18(21)14(11-17(20)25-19(2,3)4)8-13-9-15(22-5)12-16(10-13)23-6/h8-10,12H,7,11H2,1-6H3/b14-8+. The Bertz CT molecular complexity index is 618. The Morgan fingerprint density at radius 2 is 1.60 bits per heavy atom. The lowest BCUT2D eigenvalue weighted by atomic mass is 10.1. The van der Waals surface area contributed by atoms with Crippen LogP contribution in [0.2, 0.25) is 0 Å². The molecule has 0 saturated heterocycles. The molecule has 0 bridgehead atoms. The van der Waals surface area contributed by atoms with E-state index in [-0.39, 0.29) is 18.6 Å². The van der Waals surface area contributed by atoms with Crippen molar-refractivity contribution in [2.24, 2.45) is 0 Å². The molecule has 0 aliphatic rings. The Kier molecular flexibility index (Phi) is 7.48. The maximum atomic E-state index is 12.2. The molecule has 1 rings (SSSR count). The summed E-state index contributed by atoms with van der Waals surface area (Å²) in [4.78, 5) is 24.3. The second kappa shape index (κ2) is 9.11. The van der Waals surface area contributed by atoms with E-state index >= 15 is 0 Å². The maximum Gasteiger partial charge on any atom is 0.334 e. The first kappa shape index (κ1) is 20.5. The molecule has 0 spiro atoms. The molecule has 1 aromatic carbocycles. The molecule has 0 heterocycles. The van der Waals surface area contributed by atoms with Crippen LogP contribution in [0.25, 0.3) is 6.08 Å². The number of esters is 2. The van der Waals surface area contributed by atoms with Gasteiger partial charge in [-0.2, -0.15) is 0 Å². The van der Waals surface area contributed by atoms with Crippen LogP contribution >= 0.6 is 0 Å². The summed E-state index contributed by atoms with van der Waals surface area (Å²) in [5, 5.41) is 0. The molecule has 0 fully saturated rings. The van der Waals surface area contributed by atoms with Crippen LogP contribution in [0.4, 0.5) is 0 Å². The minimum absolute atomic E-state index is 0.185. The molecule has 25 heavy (non-hydrogen) atoms. The molecule has 0 N–H and O–H groups in total. The lowest BCUT2D eigenvalue weighted by Gasteiger charge is -2.19. The van der Waals surface area contributed by atoms with Crippen LogP contribution in [0.1, 0.15) is 39.7 Å². The number of methoxy groups -OCH3 is 2. The average Bonchev–Trinajstić information content (AvgIpc) is 2.52. The predicted molar refractivity (Wildman–Crippen MR) is 94.6 cm³/mol. The molecule has 0 amide bonds. The normalized spacial score (nSPS) is 11.7. The van der Waals surface area contributed by atoms with E-state index in [4.69, 9.17) is 18.9 Å². The van der Waals surface area contributed by atoms with Crippen molar-refractivity contribution in [2.45, 2.75) is 39.7 Å². The van der Waals surface area contributed by atoms with Gasteiger partial charge in [0.2, 0.25) is 0 Å². The van der Waals surface area contributed by atoms with Gasteiger partial charge in [-0.3, -0.25) is 4.79 Å². The van der Waals surface area contributed by atoms with Gasteiger partial charge in [0, 0.05) is 11.6 Å². The third-order valence-corrected chi connectivity index (χ3v) is 3.01. The van der Waals surface area contributed by atoms with E-state index in [1.807, 2.05) is 0 Å². The van der Waals surface area contributed by atoms with Crippen LogP contribution in [0.5, 0.6) is 11.5 Å². The summed E-state index contributed by atoms with van der Waals surface area (Å²) in [6.45, 7) is 7.23. The van der Waals surface area contributed by atoms with Gasteiger partial charge in [-0.25, -0.2) is 4.79 Å². The quantitative estimate of drug-likeness (QED) is 0.554. The zero-order valence-electron chi connectivity index (χ0n) is 15.7. The van der Waals surface area contributed by atoms with Crippen molar-refractivity contribution in [3.63, 3.8) is 0 Å². The monoisotopic (exact) mass is 350 g/mol. The first-order valence-electron chi connectivity index (χ1n) is 8.01. The lowest BCUT2D eigenvalue weighted by Crippen LogP contribution is -2.25. The Labute approximate surface area is 148 Å². The summed E-state index contributed by atoms with van der Waals surface area (Å²) in [6, 6.07) is 5.18. The van der Waals surface area contributed by atoms with Gasteiger partial charge in [-0.05, 0) is 51.5 Å². The van der Waals surface area contributed by atoms with Gasteiger partial charge in [0.05, 0.1) is 27.2 Å². The van der Waals surface area contributed by atoms with Crippen molar-refractivity contribution in [1.82, 2.24) is 0 Å². The Morgan fingerprint density at radius 1 is 1.04 bits per heavy atom. The molecule has 1 aromatic rings. The van der Waals surface area contributed by atoms with Crippen molar-refractivity contribution in [1.29, 1.82) is 0 Å². The number of rotatable bonds is 7. The van der Waals surface area contributed by atoms with E-state index in [0.29, 0.717) is 17.1 Å². The molecule has 0 aliphatic carbocycles. The molecular weight excluding hydrogens is 324 g/mol. The number of carbonyl (C=O) groups excluding carboxylic acids is 2. The van der Waals surface area contributed by atoms with Gasteiger partial charge in [-0.1, -0.05) is 0 Å². The zero-order chi connectivity index (χ0) is 19.0. The topological polar surface area (TPSA) is 71.1 Å². The third-order valence-electron chi connectivity index (χ3n) is 3.01. The molecule has 0 saturated carbocycles. The van der Waals surface area contributed by atoms with Gasteiger partial charge in [0.1, 0.15) is 17.1 Å². The molecule has 0 unspecified atom stereocenters. The molecule has 6 heteroatoms. The van der Waals surface area contributed by atoms with Gasteiger partial charge >= 0.3 is 11.9 Å². The number of benzene rings is 1. The molecule has 138 valence electrons. The SMILES string of the molecule is CCOC(=O)/C(=C/c1cc(OC)cc(OC)c1)CC(=O)OC(C)(C)C. The Balaban J connectivity index is 3.16. The van der Waals surface area contributed by atoms with Crippen LogP contribution in [0.3, 0.4) is 0 Å². The van der Waals surface area contributed by atoms with Gasteiger partial charge in [0.25, 0.3) is 0 Å². The fourth-order valence-electron chi connectivity index (χ4n) is 2.05. The third kappa shape index (κ3) is 7.28. The highest BCUT2D eigenvalue weighted by molar-refractivity contribution is 5.98. The minimum atomic E-state index is -0.629. The number of carbonyl (C=O) groups is 2. The van der Waals surface area contributed by atoms with E-state index in [0.717, 1.165) is 0 Å². The van der Waals surface area contributed by atoms with E-state index in [9.17, 15) is 9.59 Å². The van der Waals surface area contributed by atoms with Crippen LogP contribution in [0.15, 0.2) is 23.8 Å². The summed E-state index contributed by atoms with van der Waals surface area (Å²) < 4.78 is 20.8. The van der Waals surface area contributed by atoms with E-state index in [2.05, 4.69) is 0 Å². The highest BCUT2D eigenvalue weighted by Gasteiger charge is 2.21. The largest absolute Gasteiger partial charge is 0.497 e. The highest BCUT2D eigenvalue weighted by Crippen LogP contribution is 2.25. The maximum absolute atomic E-state index is 12.2.